The van der Waals surface area contributed by atoms with Crippen LogP contribution in [-0.4, -0.2) is 84.1 Å². The number of esters is 3. The van der Waals surface area contributed by atoms with E-state index in [1.54, 1.807) is 0 Å². The number of hydrogen-bond acceptors (Lipinski definition) is 13. The minimum absolute atomic E-state index is 0.450. The maximum atomic E-state index is 11.5. The predicted molar refractivity (Wildman–Crippen MR) is 119 cm³/mol. The van der Waals surface area contributed by atoms with E-state index >= 15 is 0 Å². The fourth-order valence-electron chi connectivity index (χ4n) is 2.12. The lowest BCUT2D eigenvalue weighted by atomic mass is 10.1. The summed E-state index contributed by atoms with van der Waals surface area (Å²) in [5.41, 5.74) is 32.2. The summed E-state index contributed by atoms with van der Waals surface area (Å²) in [6.45, 7) is 1.87. The zero-order valence-electron chi connectivity index (χ0n) is 19.1. The van der Waals surface area contributed by atoms with Crippen molar-refractivity contribution < 1.29 is 38.9 Å². The smallest absolute Gasteiger partial charge is 0.330 e. The fraction of sp³-hybridized carbons (Fsp3) is 0.789. The van der Waals surface area contributed by atoms with Gasteiger partial charge in [-0.3, -0.25) is 9.59 Å². The number of hydrogen-bond donors (Lipinski definition) is 8. The van der Waals surface area contributed by atoms with Gasteiger partial charge in [-0.1, -0.05) is 12.8 Å². The third-order valence-corrected chi connectivity index (χ3v) is 4.34. The molecule has 14 N–H and O–H groups in total. The number of carbonyl (C=O) groups excluding carboxylic acids is 3. The normalized spacial score (nSPS) is 15.2. The minimum atomic E-state index is -1.30. The molecule has 0 aromatic carbocycles. The molecule has 0 saturated carbocycles. The first kappa shape index (κ1) is 33.0. The Balaban J connectivity index is 0. The van der Waals surface area contributed by atoms with Crippen LogP contribution in [0.2, 0.25) is 0 Å². The summed E-state index contributed by atoms with van der Waals surface area (Å²) in [4.78, 5) is 44.3. The monoisotopic (exact) mass is 480 g/mol. The van der Waals surface area contributed by atoms with E-state index in [1.165, 1.54) is 6.92 Å². The molecule has 33 heavy (non-hydrogen) atoms. The van der Waals surface area contributed by atoms with E-state index in [2.05, 4.69) is 9.47 Å². The quantitative estimate of drug-likeness (QED) is 0.0644. The highest BCUT2D eigenvalue weighted by Crippen LogP contribution is 2.04. The van der Waals surface area contributed by atoms with E-state index in [9.17, 15) is 19.2 Å². The summed E-state index contributed by atoms with van der Waals surface area (Å²) < 4.78 is 9.24. The van der Waals surface area contributed by atoms with Crippen LogP contribution < -0.4 is 34.4 Å². The number of carbonyl (C=O) groups is 4. The van der Waals surface area contributed by atoms with Gasteiger partial charge in [-0.25, -0.2) is 9.59 Å². The molecule has 0 amide bonds. The lowest BCUT2D eigenvalue weighted by molar-refractivity contribution is -0.162. The van der Waals surface area contributed by atoms with E-state index in [0.717, 1.165) is 25.7 Å². The molecule has 14 heteroatoms. The third kappa shape index (κ3) is 16.1. The number of ether oxygens (including phenoxy) is 2. The van der Waals surface area contributed by atoms with Crippen LogP contribution in [0.1, 0.15) is 45.4 Å². The van der Waals surface area contributed by atoms with Gasteiger partial charge in [0.05, 0.1) is 6.61 Å². The molecule has 0 radical (unpaired) electrons. The Morgan fingerprint density at radius 1 is 0.758 bits per heavy atom. The van der Waals surface area contributed by atoms with Crippen LogP contribution in [0.3, 0.4) is 0 Å². The number of aliphatic hydroxyl groups excluding tert-OH is 1. The number of rotatable bonds is 15. The van der Waals surface area contributed by atoms with Crippen molar-refractivity contribution in [3.8, 4) is 0 Å². The second kappa shape index (κ2) is 19.3. The molecule has 5 atom stereocenters. The molecule has 0 saturated heterocycles. The number of carboxylic acid groups (broad SMARTS) is 1. The maximum Gasteiger partial charge on any atom is 0.330 e. The summed E-state index contributed by atoms with van der Waals surface area (Å²) >= 11 is 0. The summed E-state index contributed by atoms with van der Waals surface area (Å²) in [6.07, 6.45) is 2.93. The van der Waals surface area contributed by atoms with Crippen LogP contribution in [-0.2, 0) is 28.7 Å². The Labute approximate surface area is 193 Å². The lowest BCUT2D eigenvalue weighted by Crippen LogP contribution is -2.46. The number of aliphatic carboxylic acids is 1. The van der Waals surface area contributed by atoms with Gasteiger partial charge in [0.1, 0.15) is 30.3 Å². The Morgan fingerprint density at radius 3 is 1.52 bits per heavy atom. The molecule has 0 aromatic heterocycles. The molecule has 0 aromatic rings. The van der Waals surface area contributed by atoms with Gasteiger partial charge in [0, 0.05) is 0 Å². The van der Waals surface area contributed by atoms with Gasteiger partial charge in [-0.05, 0) is 45.7 Å². The third-order valence-electron chi connectivity index (χ3n) is 4.34. The van der Waals surface area contributed by atoms with Gasteiger partial charge in [0.25, 0.3) is 0 Å². The zero-order valence-corrected chi connectivity index (χ0v) is 19.1. The van der Waals surface area contributed by atoms with Crippen molar-refractivity contribution >= 4 is 23.9 Å². The summed E-state index contributed by atoms with van der Waals surface area (Å²) in [5, 5.41) is 17.0. The van der Waals surface area contributed by atoms with Gasteiger partial charge in [-0.2, -0.15) is 0 Å². The fourth-order valence-corrected chi connectivity index (χ4v) is 2.12. The average molecular weight is 481 g/mol. The second-order valence-corrected chi connectivity index (χ2v) is 7.32. The first-order valence-corrected chi connectivity index (χ1v) is 10.6. The summed E-state index contributed by atoms with van der Waals surface area (Å²) in [7, 11) is 0. The van der Waals surface area contributed by atoms with Crippen molar-refractivity contribution in [2.24, 2.45) is 34.4 Å². The van der Waals surface area contributed by atoms with Gasteiger partial charge >= 0.3 is 23.9 Å². The first-order valence-electron chi connectivity index (χ1n) is 10.6. The predicted octanol–water partition coefficient (Wildman–Crippen LogP) is -3.38. The second-order valence-electron chi connectivity index (χ2n) is 7.32. The number of carboxylic acids is 1. The van der Waals surface area contributed by atoms with E-state index < -0.39 is 60.8 Å². The largest absolute Gasteiger partial charge is 0.480 e. The molecular weight excluding hydrogens is 440 g/mol. The van der Waals surface area contributed by atoms with Gasteiger partial charge in [0.15, 0.2) is 0 Å². The van der Waals surface area contributed by atoms with Crippen LogP contribution in [0.15, 0.2) is 0 Å². The molecule has 0 heterocycles. The Morgan fingerprint density at radius 2 is 1.18 bits per heavy atom. The van der Waals surface area contributed by atoms with Crippen molar-refractivity contribution in [2.45, 2.75) is 75.7 Å². The van der Waals surface area contributed by atoms with E-state index in [1.807, 2.05) is 0 Å². The maximum absolute atomic E-state index is 11.5. The highest BCUT2D eigenvalue weighted by atomic mass is 16.6. The van der Waals surface area contributed by atoms with Crippen molar-refractivity contribution in [1.29, 1.82) is 0 Å². The number of aliphatic hydroxyl groups is 1. The molecule has 0 fully saturated rings. The summed E-state index contributed by atoms with van der Waals surface area (Å²) in [5.74, 6) is -3.60. The number of nitrogens with two attached hydrogens (primary N) is 6. The molecule has 0 aliphatic heterocycles. The van der Waals surface area contributed by atoms with Crippen LogP contribution >= 0.6 is 0 Å². The Hall–Kier alpha value is -2.20. The van der Waals surface area contributed by atoms with Crippen LogP contribution in [0, 0.1) is 0 Å². The van der Waals surface area contributed by atoms with Crippen LogP contribution in [0.25, 0.3) is 0 Å². The Kier molecular flexibility index (Phi) is 19.3. The van der Waals surface area contributed by atoms with Crippen LogP contribution in [0.5, 0.6) is 0 Å². The molecule has 0 aliphatic rings. The van der Waals surface area contributed by atoms with Gasteiger partial charge in [-0.15, -0.1) is 0 Å². The minimum Gasteiger partial charge on any atom is -0.480 e. The van der Waals surface area contributed by atoms with Crippen molar-refractivity contribution in [3.05, 3.63) is 0 Å². The van der Waals surface area contributed by atoms with Gasteiger partial charge < -0.3 is 54.1 Å². The molecule has 0 rings (SSSR count). The lowest BCUT2D eigenvalue weighted by Gasteiger charge is -2.18. The molecule has 0 unspecified atom stereocenters. The highest BCUT2D eigenvalue weighted by Gasteiger charge is 2.25. The van der Waals surface area contributed by atoms with E-state index in [-0.39, 0.29) is 0 Å². The molecule has 0 bridgehead atoms. The number of unbranched alkanes of at least 4 members (excludes halogenated alkanes) is 2. The Bertz CT molecular complexity index is 569. The van der Waals surface area contributed by atoms with Crippen molar-refractivity contribution in [3.63, 3.8) is 0 Å². The molecule has 194 valence electrons. The SMILES string of the molecule is C[C@@H](OC(=O)[C@@H](N)CO)[C@H](N)C(=O)O.NCCCC[C@H](N)C(=O)OC(=O)[C@@H](N)CCCCN. The van der Waals surface area contributed by atoms with Crippen molar-refractivity contribution in [2.75, 3.05) is 19.7 Å². The van der Waals surface area contributed by atoms with E-state index in [4.69, 9.17) is 44.6 Å². The molecular formula is C19H40N6O8. The summed E-state index contributed by atoms with van der Waals surface area (Å²) in [6, 6.07) is -4.07. The molecule has 0 spiro atoms. The van der Waals surface area contributed by atoms with E-state index in [0.29, 0.717) is 25.9 Å². The molecule has 14 nitrogen and oxygen atoms in total. The average Bonchev–Trinajstić information content (AvgIpc) is 2.78. The van der Waals surface area contributed by atoms with Crippen LogP contribution in [0.4, 0.5) is 0 Å². The first-order chi connectivity index (χ1) is 15.4. The topological polar surface area (TPSA) is 283 Å². The highest BCUT2D eigenvalue weighted by molar-refractivity contribution is 5.90. The zero-order chi connectivity index (χ0) is 26.0. The molecule has 0 aliphatic carbocycles. The van der Waals surface area contributed by atoms with Gasteiger partial charge in [0.2, 0.25) is 0 Å². The standard InChI is InChI=1S/C12H26N4O3.C7H14N2O5/c13-7-3-1-5-9(15)11(17)19-12(18)10(16)6-2-4-8-14;1-3(5(9)6(11)12)14-7(13)4(8)2-10/h9-10H,1-8,13-16H2;3-5,10H,2,8-9H2,1H3,(H,11,12)/t9-,10-;3-,4+,5+/m01/s1. The van der Waals surface area contributed by atoms with Crippen molar-refractivity contribution in [1.82, 2.24) is 0 Å².